The van der Waals surface area contributed by atoms with Crippen LogP contribution in [0.2, 0.25) is 5.02 Å². The third-order valence-electron chi connectivity index (χ3n) is 4.78. The lowest BCUT2D eigenvalue weighted by Crippen LogP contribution is -2.38. The van der Waals surface area contributed by atoms with Crippen LogP contribution in [0.15, 0.2) is 65.0 Å². The number of hydrogen-bond donors (Lipinski definition) is 2. The second kappa shape index (κ2) is 8.73. The lowest BCUT2D eigenvalue weighted by Gasteiger charge is -2.18. The van der Waals surface area contributed by atoms with Crippen molar-refractivity contribution in [3.05, 3.63) is 70.7 Å². The fraction of sp³-hybridized carbons (Fsp3) is 0.200. The van der Waals surface area contributed by atoms with Crippen LogP contribution in [-0.4, -0.2) is 31.9 Å². The summed E-state index contributed by atoms with van der Waals surface area (Å²) in [6.45, 7) is 1.14. The first-order valence-electron chi connectivity index (χ1n) is 9.24. The Kier molecular flexibility index (Phi) is 6.05. The maximum atomic E-state index is 12.8. The maximum absolute atomic E-state index is 12.8. The molecule has 1 fully saturated rings. The molecule has 1 saturated heterocycles. The molecule has 7 nitrogen and oxygen atoms in total. The normalized spacial score (nSPS) is 16.8. The van der Waals surface area contributed by atoms with Crippen molar-refractivity contribution in [3.63, 3.8) is 0 Å². The van der Waals surface area contributed by atoms with E-state index in [4.69, 9.17) is 11.6 Å². The summed E-state index contributed by atoms with van der Waals surface area (Å²) in [6, 6.07) is 13.5. The minimum Gasteiger partial charge on any atom is -0.311 e. The van der Waals surface area contributed by atoms with Crippen LogP contribution >= 0.6 is 22.9 Å². The Morgan fingerprint density at radius 1 is 1.17 bits per heavy atom. The number of rotatable bonds is 7. The van der Waals surface area contributed by atoms with Gasteiger partial charge in [-0.25, -0.2) is 13.4 Å². The monoisotopic (exact) mass is 466 g/mol. The quantitative estimate of drug-likeness (QED) is 0.549. The fourth-order valence-electron chi connectivity index (χ4n) is 3.22. The summed E-state index contributed by atoms with van der Waals surface area (Å²) in [4.78, 5) is 18.5. The summed E-state index contributed by atoms with van der Waals surface area (Å²) in [7, 11) is -3.72. The number of benzene rings is 2. The molecule has 2 heterocycles. The van der Waals surface area contributed by atoms with Crippen molar-refractivity contribution in [1.29, 1.82) is 0 Å². The minimum atomic E-state index is -3.72. The first-order valence-corrected chi connectivity index (χ1v) is 12.0. The van der Waals surface area contributed by atoms with Gasteiger partial charge < -0.3 is 10.2 Å². The number of amides is 1. The van der Waals surface area contributed by atoms with E-state index in [-0.39, 0.29) is 19.7 Å². The molecule has 0 bridgehead atoms. The second-order valence-corrected chi connectivity index (χ2v) is 9.79. The van der Waals surface area contributed by atoms with Crippen LogP contribution in [0.25, 0.3) is 0 Å². The molecule has 1 unspecified atom stereocenters. The topological polar surface area (TPSA) is 91.4 Å². The number of halogens is 1. The number of carbonyl (C=O) groups is 1. The van der Waals surface area contributed by atoms with Gasteiger partial charge in [-0.3, -0.25) is 9.52 Å². The molecule has 1 aliphatic heterocycles. The van der Waals surface area contributed by atoms with Crippen LogP contribution in [0.4, 0.5) is 10.8 Å². The van der Waals surface area contributed by atoms with Gasteiger partial charge in [-0.1, -0.05) is 23.7 Å². The molecule has 0 spiro atoms. The van der Waals surface area contributed by atoms with Crippen molar-refractivity contribution in [2.75, 3.05) is 16.2 Å². The van der Waals surface area contributed by atoms with Crippen molar-refractivity contribution in [2.24, 2.45) is 0 Å². The molecule has 4 rings (SSSR count). The number of sulfonamides is 1. The molecule has 1 aliphatic rings. The summed E-state index contributed by atoms with van der Waals surface area (Å²) in [6.07, 6.45) is 2.21. The van der Waals surface area contributed by atoms with E-state index in [0.29, 0.717) is 35.4 Å². The number of carbonyl (C=O) groups excluding carboxylic acids is 1. The molecule has 2 aromatic carbocycles. The van der Waals surface area contributed by atoms with E-state index >= 15 is 0 Å². The molecule has 0 aliphatic carbocycles. The third kappa shape index (κ3) is 4.65. The highest BCUT2D eigenvalue weighted by Gasteiger charge is 2.32. The van der Waals surface area contributed by atoms with Crippen LogP contribution in [0, 0.1) is 0 Å². The number of nitrogens with zero attached hydrogens (tertiary/aromatic N) is 2. The molecule has 0 saturated carbocycles. The highest BCUT2D eigenvalue weighted by Crippen LogP contribution is 2.25. The summed E-state index contributed by atoms with van der Waals surface area (Å²) < 4.78 is 27.3. The number of hydrogen-bond acceptors (Lipinski definition) is 6. The van der Waals surface area contributed by atoms with E-state index in [2.05, 4.69) is 15.0 Å². The third-order valence-corrected chi connectivity index (χ3v) is 7.21. The zero-order chi connectivity index (χ0) is 21.1. The van der Waals surface area contributed by atoms with Crippen molar-refractivity contribution < 1.29 is 16.1 Å². The number of anilines is 2. The van der Waals surface area contributed by atoms with Gasteiger partial charge in [0.1, 0.15) is 0 Å². The zero-order valence-electron chi connectivity index (χ0n) is 15.8. The van der Waals surface area contributed by atoms with E-state index in [1.165, 1.54) is 29.7 Å². The number of nitrogens with one attached hydrogen (secondary N) is 2. The first-order chi connectivity index (χ1) is 14.4. The average Bonchev–Trinajstić information content (AvgIpc) is 3.37. The van der Waals surface area contributed by atoms with Crippen LogP contribution in [-0.2, 0) is 21.4 Å². The van der Waals surface area contributed by atoms with Gasteiger partial charge >= 0.3 is 0 Å². The minimum absolute atomic E-state index is 0. The molecule has 10 heteroatoms. The standard InChI is InChI=1S/C20H19ClN4O3S2.2H2/c21-15-3-1-14(2-4-15)13-23-18-9-11-25(19(18)26)16-5-7-17(8-6-16)30(27,28)24-20-22-10-12-29-20;;/h1-8,10,12,18,23H,9,11,13H2,(H,22,24);2*1H. The van der Waals surface area contributed by atoms with Gasteiger partial charge in [-0.05, 0) is 48.4 Å². The van der Waals surface area contributed by atoms with Crippen molar-refractivity contribution >= 4 is 49.7 Å². The Balaban J connectivity index is 0.00000181. The second-order valence-electron chi connectivity index (χ2n) is 6.78. The highest BCUT2D eigenvalue weighted by atomic mass is 35.5. The average molecular weight is 467 g/mol. The van der Waals surface area contributed by atoms with Gasteiger partial charge in [-0.2, -0.15) is 0 Å². The van der Waals surface area contributed by atoms with E-state index in [1.54, 1.807) is 22.4 Å². The largest absolute Gasteiger partial charge is 0.311 e. The van der Waals surface area contributed by atoms with Gasteiger partial charge in [-0.15, -0.1) is 11.3 Å². The smallest absolute Gasteiger partial charge is 0.263 e. The summed E-state index contributed by atoms with van der Waals surface area (Å²) in [5.74, 6) is -0.0273. The zero-order valence-corrected chi connectivity index (χ0v) is 18.2. The SMILES string of the molecule is O=C1C(NCc2ccc(Cl)cc2)CCN1c1ccc(S(=O)(=O)Nc2nccs2)cc1.[HH].[HH]. The van der Waals surface area contributed by atoms with Gasteiger partial charge in [0.2, 0.25) is 5.91 Å². The van der Waals surface area contributed by atoms with E-state index < -0.39 is 10.0 Å². The fourth-order valence-corrected chi connectivity index (χ4v) is 5.14. The van der Waals surface area contributed by atoms with Crippen molar-refractivity contribution in [3.8, 4) is 0 Å². The lowest BCUT2D eigenvalue weighted by atomic mass is 10.2. The number of aromatic nitrogens is 1. The molecule has 0 radical (unpaired) electrons. The number of thiazole rings is 1. The molecule has 160 valence electrons. The first kappa shape index (κ1) is 20.8. The van der Waals surface area contributed by atoms with Gasteiger partial charge in [0.25, 0.3) is 10.0 Å². The van der Waals surface area contributed by atoms with E-state index in [0.717, 1.165) is 5.56 Å². The predicted octanol–water partition coefficient (Wildman–Crippen LogP) is 3.98. The summed E-state index contributed by atoms with van der Waals surface area (Å²) >= 11 is 7.10. The molecule has 1 amide bonds. The van der Waals surface area contributed by atoms with Crippen molar-refractivity contribution in [1.82, 2.24) is 10.3 Å². The maximum Gasteiger partial charge on any atom is 0.263 e. The van der Waals surface area contributed by atoms with Crippen LogP contribution < -0.4 is 14.9 Å². The van der Waals surface area contributed by atoms with Crippen LogP contribution in [0.1, 0.15) is 14.8 Å². The molecule has 1 aromatic heterocycles. The van der Waals surface area contributed by atoms with Crippen LogP contribution in [0.3, 0.4) is 0 Å². The Morgan fingerprint density at radius 3 is 2.57 bits per heavy atom. The summed E-state index contributed by atoms with van der Waals surface area (Å²) in [5.41, 5.74) is 1.72. The van der Waals surface area contributed by atoms with Crippen LogP contribution in [0.5, 0.6) is 0 Å². The van der Waals surface area contributed by atoms with E-state index in [9.17, 15) is 13.2 Å². The molecule has 30 heavy (non-hydrogen) atoms. The van der Waals surface area contributed by atoms with Crippen molar-refractivity contribution in [2.45, 2.75) is 23.9 Å². The molecule has 3 aromatic rings. The highest BCUT2D eigenvalue weighted by molar-refractivity contribution is 7.93. The lowest BCUT2D eigenvalue weighted by molar-refractivity contribution is -0.118. The Bertz CT molecular complexity index is 1130. The summed E-state index contributed by atoms with van der Waals surface area (Å²) in [5, 5.41) is 5.96. The Morgan fingerprint density at radius 2 is 1.90 bits per heavy atom. The van der Waals surface area contributed by atoms with Gasteiger partial charge in [0.05, 0.1) is 10.9 Å². The molecule has 1 atom stereocenters. The van der Waals surface area contributed by atoms with Gasteiger partial charge in [0, 0.05) is 38.2 Å². The van der Waals surface area contributed by atoms with Gasteiger partial charge in [0.15, 0.2) is 5.13 Å². The predicted molar refractivity (Wildman–Crippen MR) is 123 cm³/mol. The Labute approximate surface area is 186 Å². The molecule has 2 N–H and O–H groups in total. The van der Waals surface area contributed by atoms with E-state index in [1.807, 2.05) is 24.3 Å². The Hall–Kier alpha value is -2.46. The molecular formula is C20H23ClN4O3S2. The molecular weight excluding hydrogens is 444 g/mol.